The first-order valence-corrected chi connectivity index (χ1v) is 14.6. The second-order valence-corrected chi connectivity index (χ2v) is 11.5. The molecule has 0 bridgehead atoms. The molecular formula is C30H39N5O3S. The molecule has 39 heavy (non-hydrogen) atoms. The van der Waals surface area contributed by atoms with Gasteiger partial charge in [-0.05, 0) is 78.3 Å². The van der Waals surface area contributed by atoms with Crippen molar-refractivity contribution in [3.63, 3.8) is 0 Å². The third-order valence-corrected chi connectivity index (χ3v) is 8.37. The van der Waals surface area contributed by atoms with Crippen molar-refractivity contribution in [3.8, 4) is 0 Å². The Hall–Kier alpha value is -3.46. The van der Waals surface area contributed by atoms with Gasteiger partial charge in [-0.2, -0.15) is 0 Å². The number of likely N-dealkylation sites (tertiary alicyclic amines) is 1. The van der Waals surface area contributed by atoms with Gasteiger partial charge in [0.2, 0.25) is 5.91 Å². The van der Waals surface area contributed by atoms with Crippen LogP contribution in [0.15, 0.2) is 64.4 Å². The summed E-state index contributed by atoms with van der Waals surface area (Å²) in [5.74, 6) is 2.22. The number of thioether (sulfide) groups is 1. The van der Waals surface area contributed by atoms with E-state index in [2.05, 4.69) is 29.4 Å². The van der Waals surface area contributed by atoms with Gasteiger partial charge in [0.15, 0.2) is 5.76 Å². The molecule has 4 heterocycles. The number of carbonyl (C=O) groups excluding carboxylic acids is 2. The van der Waals surface area contributed by atoms with Crippen LogP contribution in [0.2, 0.25) is 0 Å². The molecule has 2 aromatic heterocycles. The molecule has 3 N–H and O–H groups in total. The molecule has 0 aliphatic carbocycles. The van der Waals surface area contributed by atoms with Crippen LogP contribution in [0.3, 0.4) is 0 Å². The Morgan fingerprint density at radius 2 is 2.08 bits per heavy atom. The summed E-state index contributed by atoms with van der Waals surface area (Å²) in [6, 6.07) is 5.58. The number of hydrogen-bond donors (Lipinski definition) is 2. The molecule has 0 saturated carbocycles. The number of amides is 2. The van der Waals surface area contributed by atoms with Crippen molar-refractivity contribution in [2.75, 3.05) is 44.3 Å². The first kappa shape index (κ1) is 28.5. The highest BCUT2D eigenvalue weighted by atomic mass is 32.2. The zero-order chi connectivity index (χ0) is 27.7. The lowest BCUT2D eigenvalue weighted by Gasteiger charge is -2.39. The number of nitrogens with zero attached hydrogens (tertiary/aromatic N) is 3. The largest absolute Gasteiger partial charge is 0.459 e. The maximum absolute atomic E-state index is 12.8. The van der Waals surface area contributed by atoms with E-state index in [-0.39, 0.29) is 17.2 Å². The highest BCUT2D eigenvalue weighted by Gasteiger charge is 2.33. The average molecular weight is 550 g/mol. The summed E-state index contributed by atoms with van der Waals surface area (Å²) >= 11 is 1.71. The van der Waals surface area contributed by atoms with Crippen LogP contribution in [0.25, 0.3) is 6.08 Å². The Kier molecular flexibility index (Phi) is 9.92. The van der Waals surface area contributed by atoms with Gasteiger partial charge in [-0.15, -0.1) is 11.8 Å². The number of hydrogen-bond acceptors (Lipinski definition) is 7. The molecule has 0 aromatic carbocycles. The van der Waals surface area contributed by atoms with E-state index < -0.39 is 0 Å². The second-order valence-electron chi connectivity index (χ2n) is 10.5. The van der Waals surface area contributed by atoms with Gasteiger partial charge in [0.05, 0.1) is 6.26 Å². The first-order valence-electron chi connectivity index (χ1n) is 13.5. The quantitative estimate of drug-likeness (QED) is 0.246. The minimum atomic E-state index is -0.0456. The molecule has 2 amide bonds. The fraction of sp³-hybridized carbons (Fsp3) is 0.433. The lowest BCUT2D eigenvalue weighted by Crippen LogP contribution is -2.42. The SMILES string of the molecule is CNc1ncc(/C=C/C(=O)N2CC=C(CCS/C=C\N)CC2)cc1CC1(C)CCN(C(=O)c2ccco2)CC1. The van der Waals surface area contributed by atoms with Crippen molar-refractivity contribution in [2.45, 2.75) is 39.0 Å². The summed E-state index contributed by atoms with van der Waals surface area (Å²) in [6.45, 7) is 5.06. The van der Waals surface area contributed by atoms with Gasteiger partial charge in [0, 0.05) is 57.5 Å². The van der Waals surface area contributed by atoms with E-state index in [1.165, 1.54) is 11.8 Å². The van der Waals surface area contributed by atoms with E-state index >= 15 is 0 Å². The van der Waals surface area contributed by atoms with Gasteiger partial charge in [0.1, 0.15) is 5.82 Å². The van der Waals surface area contributed by atoms with Crippen LogP contribution in [-0.2, 0) is 11.2 Å². The van der Waals surface area contributed by atoms with Gasteiger partial charge >= 0.3 is 0 Å². The van der Waals surface area contributed by atoms with Gasteiger partial charge in [-0.3, -0.25) is 9.59 Å². The third-order valence-electron chi connectivity index (χ3n) is 7.58. The summed E-state index contributed by atoms with van der Waals surface area (Å²) in [5, 5.41) is 5.12. The molecule has 0 radical (unpaired) electrons. The maximum atomic E-state index is 12.8. The topological polar surface area (TPSA) is 105 Å². The van der Waals surface area contributed by atoms with E-state index in [9.17, 15) is 9.59 Å². The van der Waals surface area contributed by atoms with E-state index in [1.807, 2.05) is 28.3 Å². The van der Waals surface area contributed by atoms with Crippen LogP contribution in [0.5, 0.6) is 0 Å². The minimum Gasteiger partial charge on any atom is -0.459 e. The van der Waals surface area contributed by atoms with Crippen LogP contribution >= 0.6 is 11.8 Å². The first-order chi connectivity index (χ1) is 18.9. The Bertz CT molecular complexity index is 1210. The number of pyridine rings is 1. The summed E-state index contributed by atoms with van der Waals surface area (Å²) < 4.78 is 5.29. The maximum Gasteiger partial charge on any atom is 0.289 e. The van der Waals surface area contributed by atoms with Crippen LogP contribution in [0, 0.1) is 5.41 Å². The molecule has 0 atom stereocenters. The Morgan fingerprint density at radius 1 is 1.26 bits per heavy atom. The number of nitrogens with two attached hydrogens (primary N) is 1. The Balaban J connectivity index is 1.33. The molecule has 8 nitrogen and oxygen atoms in total. The molecule has 4 rings (SSSR count). The number of carbonyl (C=O) groups is 2. The number of nitrogens with one attached hydrogen (secondary N) is 1. The Morgan fingerprint density at radius 3 is 2.74 bits per heavy atom. The lowest BCUT2D eigenvalue weighted by molar-refractivity contribution is -0.125. The predicted octanol–water partition coefficient (Wildman–Crippen LogP) is 4.93. The second kappa shape index (κ2) is 13.6. The zero-order valence-corrected chi connectivity index (χ0v) is 23.7. The van der Waals surface area contributed by atoms with Crippen molar-refractivity contribution in [2.24, 2.45) is 11.1 Å². The number of rotatable bonds is 10. The minimum absolute atomic E-state index is 0.0190. The molecule has 208 valence electrons. The summed E-state index contributed by atoms with van der Waals surface area (Å²) in [5.41, 5.74) is 8.85. The van der Waals surface area contributed by atoms with E-state index in [0.29, 0.717) is 25.4 Å². The van der Waals surface area contributed by atoms with Gasteiger partial charge in [0.25, 0.3) is 5.91 Å². The smallest absolute Gasteiger partial charge is 0.289 e. The zero-order valence-electron chi connectivity index (χ0n) is 22.9. The molecule has 2 aliphatic heterocycles. The highest BCUT2D eigenvalue weighted by molar-refractivity contribution is 8.02. The van der Waals surface area contributed by atoms with Crippen molar-refractivity contribution < 1.29 is 14.0 Å². The molecular weight excluding hydrogens is 510 g/mol. The van der Waals surface area contributed by atoms with Gasteiger partial charge in [-0.25, -0.2) is 4.98 Å². The fourth-order valence-corrected chi connectivity index (χ4v) is 5.77. The number of piperidine rings is 1. The molecule has 2 aromatic rings. The lowest BCUT2D eigenvalue weighted by atomic mass is 9.75. The predicted molar refractivity (Wildman–Crippen MR) is 158 cm³/mol. The number of furan rings is 1. The van der Waals surface area contributed by atoms with Crippen molar-refractivity contribution >= 4 is 35.5 Å². The standard InChI is InChI=1S/C30H39N5O3S/c1-30(10-15-35(16-11-30)29(37)26-4-3-17-38-26)21-25-20-24(22-33-28(25)32-2)5-6-27(36)34-13-7-23(8-14-34)9-18-39-19-12-31/h3-7,12,17,19-20,22H,8-11,13-16,18,21,31H2,1-2H3,(H,32,33)/b6-5+,19-12-. The highest BCUT2D eigenvalue weighted by Crippen LogP contribution is 2.36. The van der Waals surface area contributed by atoms with Gasteiger partial charge in [-0.1, -0.05) is 18.6 Å². The normalized spacial score (nSPS) is 17.5. The van der Waals surface area contributed by atoms with E-state index in [1.54, 1.807) is 42.4 Å². The van der Waals surface area contributed by atoms with Crippen LogP contribution in [-0.4, -0.2) is 65.6 Å². The molecule has 9 heteroatoms. The monoisotopic (exact) mass is 549 g/mol. The van der Waals surface area contributed by atoms with Crippen molar-refractivity contribution in [1.29, 1.82) is 0 Å². The molecule has 0 unspecified atom stereocenters. The molecule has 2 aliphatic rings. The summed E-state index contributed by atoms with van der Waals surface area (Å²) in [6.07, 6.45) is 15.2. The number of anilines is 1. The molecule has 1 fully saturated rings. The molecule has 1 saturated heterocycles. The Labute approximate surface area is 235 Å². The van der Waals surface area contributed by atoms with Crippen molar-refractivity contribution in [1.82, 2.24) is 14.8 Å². The fourth-order valence-electron chi connectivity index (χ4n) is 5.15. The summed E-state index contributed by atoms with van der Waals surface area (Å²) in [7, 11) is 1.88. The average Bonchev–Trinajstić information content (AvgIpc) is 3.50. The van der Waals surface area contributed by atoms with Crippen molar-refractivity contribution in [3.05, 3.63) is 76.9 Å². The third kappa shape index (κ3) is 7.79. The van der Waals surface area contributed by atoms with Crippen LogP contribution < -0.4 is 11.1 Å². The van der Waals surface area contributed by atoms with E-state index in [4.69, 9.17) is 10.2 Å². The molecule has 0 spiro atoms. The van der Waals surface area contributed by atoms with Gasteiger partial charge < -0.3 is 25.3 Å². The summed E-state index contributed by atoms with van der Waals surface area (Å²) in [4.78, 5) is 33.9. The van der Waals surface area contributed by atoms with Crippen LogP contribution in [0.1, 0.15) is 54.3 Å². The number of aromatic nitrogens is 1. The van der Waals surface area contributed by atoms with Crippen LogP contribution in [0.4, 0.5) is 5.82 Å². The van der Waals surface area contributed by atoms with E-state index in [0.717, 1.165) is 61.3 Å².